The largest absolute Gasteiger partial charge is 0.495 e. The van der Waals surface area contributed by atoms with Crippen molar-refractivity contribution in [3.05, 3.63) is 23.8 Å². The first-order valence-electron chi connectivity index (χ1n) is 5.65. The lowest BCUT2D eigenvalue weighted by molar-refractivity contribution is 0.0806. The molecule has 17 heavy (non-hydrogen) atoms. The summed E-state index contributed by atoms with van der Waals surface area (Å²) in [6, 6.07) is 5.85. The second kappa shape index (κ2) is 5.89. The summed E-state index contributed by atoms with van der Waals surface area (Å²) in [5, 5.41) is 21.6. The monoisotopic (exact) mass is 239 g/mol. The van der Waals surface area contributed by atoms with Crippen molar-refractivity contribution in [1.82, 2.24) is 0 Å². The highest BCUT2D eigenvalue weighted by Gasteiger charge is 2.22. The van der Waals surface area contributed by atoms with E-state index in [1.807, 2.05) is 32.0 Å². The molecule has 0 saturated heterocycles. The fourth-order valence-corrected chi connectivity index (χ4v) is 1.43. The van der Waals surface area contributed by atoms with Gasteiger partial charge in [-0.1, -0.05) is 13.0 Å². The van der Waals surface area contributed by atoms with E-state index >= 15 is 0 Å². The Labute approximate surface area is 102 Å². The Bertz CT molecular complexity index is 362. The molecular weight excluding hydrogens is 218 g/mol. The van der Waals surface area contributed by atoms with Gasteiger partial charge in [0.2, 0.25) is 0 Å². The van der Waals surface area contributed by atoms with E-state index in [1.54, 1.807) is 7.11 Å². The van der Waals surface area contributed by atoms with Gasteiger partial charge in [-0.3, -0.25) is 0 Å². The Morgan fingerprint density at radius 1 is 1.29 bits per heavy atom. The lowest BCUT2D eigenvalue weighted by Gasteiger charge is -2.26. The molecule has 0 atom stereocenters. The fourth-order valence-electron chi connectivity index (χ4n) is 1.43. The number of aryl methyl sites for hydroxylation is 1. The third-order valence-corrected chi connectivity index (χ3v) is 2.82. The summed E-state index contributed by atoms with van der Waals surface area (Å²) >= 11 is 0. The lowest BCUT2D eigenvalue weighted by Crippen LogP contribution is -2.34. The van der Waals surface area contributed by atoms with Crippen LogP contribution in [-0.2, 0) is 0 Å². The van der Waals surface area contributed by atoms with Crippen molar-refractivity contribution in [2.45, 2.75) is 13.8 Å². The number of hydrogen-bond acceptors (Lipinski definition) is 4. The van der Waals surface area contributed by atoms with Crippen LogP contribution in [0.1, 0.15) is 12.5 Å². The normalized spacial score (nSPS) is 11.4. The molecule has 0 aliphatic carbocycles. The van der Waals surface area contributed by atoms with Crippen LogP contribution in [0.5, 0.6) is 5.75 Å². The predicted octanol–water partition coefficient (Wildman–Crippen LogP) is 1.41. The number of ether oxygens (including phenoxy) is 1. The minimum Gasteiger partial charge on any atom is -0.495 e. The van der Waals surface area contributed by atoms with Gasteiger partial charge in [0.15, 0.2) is 0 Å². The first-order valence-corrected chi connectivity index (χ1v) is 5.65. The molecule has 0 aliphatic rings. The van der Waals surface area contributed by atoms with Gasteiger partial charge in [0, 0.05) is 12.0 Å². The highest BCUT2D eigenvalue weighted by molar-refractivity contribution is 5.58. The van der Waals surface area contributed by atoms with Crippen LogP contribution in [0.3, 0.4) is 0 Å². The average molecular weight is 239 g/mol. The van der Waals surface area contributed by atoms with Crippen LogP contribution in [0.25, 0.3) is 0 Å². The van der Waals surface area contributed by atoms with Crippen LogP contribution in [0.4, 0.5) is 5.69 Å². The zero-order valence-electron chi connectivity index (χ0n) is 10.7. The molecular formula is C13H21NO3. The SMILES string of the molecule is COc1ccc(C)cc1NCC(C)(CO)CO. The molecule has 0 unspecified atom stereocenters. The molecule has 4 heteroatoms. The van der Waals surface area contributed by atoms with E-state index in [9.17, 15) is 10.2 Å². The number of nitrogens with one attached hydrogen (secondary N) is 1. The van der Waals surface area contributed by atoms with Crippen LogP contribution >= 0.6 is 0 Å². The zero-order valence-corrected chi connectivity index (χ0v) is 10.7. The molecule has 3 N–H and O–H groups in total. The molecule has 1 rings (SSSR count). The zero-order chi connectivity index (χ0) is 12.9. The third kappa shape index (κ3) is 3.61. The first kappa shape index (κ1) is 13.8. The second-order valence-electron chi connectivity index (χ2n) is 4.68. The van der Waals surface area contributed by atoms with E-state index < -0.39 is 5.41 Å². The summed E-state index contributed by atoms with van der Waals surface area (Å²) in [6.45, 7) is 4.18. The Morgan fingerprint density at radius 2 is 1.94 bits per heavy atom. The number of aliphatic hydroxyl groups is 2. The molecule has 0 aliphatic heterocycles. The molecule has 1 aromatic carbocycles. The highest BCUT2D eigenvalue weighted by atomic mass is 16.5. The molecule has 0 spiro atoms. The topological polar surface area (TPSA) is 61.7 Å². The van der Waals surface area contributed by atoms with Gasteiger partial charge in [0.25, 0.3) is 0 Å². The summed E-state index contributed by atoms with van der Waals surface area (Å²) in [5.41, 5.74) is 1.47. The van der Waals surface area contributed by atoms with Crippen LogP contribution in [-0.4, -0.2) is 37.1 Å². The standard InChI is InChI=1S/C13H21NO3/c1-10-4-5-12(17-3)11(6-10)14-7-13(2,8-15)9-16/h4-6,14-16H,7-9H2,1-3H3. The number of benzene rings is 1. The predicted molar refractivity (Wildman–Crippen MR) is 68.5 cm³/mol. The summed E-state index contributed by atoms with van der Waals surface area (Å²) in [6.07, 6.45) is 0. The summed E-state index contributed by atoms with van der Waals surface area (Å²) < 4.78 is 5.25. The number of anilines is 1. The summed E-state index contributed by atoms with van der Waals surface area (Å²) in [7, 11) is 1.62. The minimum absolute atomic E-state index is 0.0649. The molecule has 4 nitrogen and oxygen atoms in total. The molecule has 0 radical (unpaired) electrons. The molecule has 1 aromatic rings. The van der Waals surface area contributed by atoms with Gasteiger partial charge in [-0.25, -0.2) is 0 Å². The van der Waals surface area contributed by atoms with E-state index in [2.05, 4.69) is 5.32 Å². The van der Waals surface area contributed by atoms with E-state index in [1.165, 1.54) is 0 Å². The smallest absolute Gasteiger partial charge is 0.141 e. The Hall–Kier alpha value is -1.26. The van der Waals surface area contributed by atoms with Gasteiger partial charge in [0.1, 0.15) is 5.75 Å². The van der Waals surface area contributed by atoms with Gasteiger partial charge in [-0.05, 0) is 24.6 Å². The molecule has 0 heterocycles. The summed E-state index contributed by atoms with van der Waals surface area (Å²) in [5.74, 6) is 0.758. The molecule has 0 aromatic heterocycles. The number of methoxy groups -OCH3 is 1. The average Bonchev–Trinajstić information content (AvgIpc) is 2.36. The molecule has 0 amide bonds. The number of rotatable bonds is 6. The highest BCUT2D eigenvalue weighted by Crippen LogP contribution is 2.26. The molecule has 0 bridgehead atoms. The fraction of sp³-hybridized carbons (Fsp3) is 0.538. The van der Waals surface area contributed by atoms with Crippen molar-refractivity contribution in [2.24, 2.45) is 5.41 Å². The maximum atomic E-state index is 9.21. The minimum atomic E-state index is -0.533. The Kier molecular flexibility index (Phi) is 4.78. The van der Waals surface area contributed by atoms with E-state index in [4.69, 9.17) is 4.74 Å². The second-order valence-corrected chi connectivity index (χ2v) is 4.68. The van der Waals surface area contributed by atoms with Crippen molar-refractivity contribution in [2.75, 3.05) is 32.2 Å². The Morgan fingerprint density at radius 3 is 2.47 bits per heavy atom. The van der Waals surface area contributed by atoms with Crippen molar-refractivity contribution < 1.29 is 14.9 Å². The van der Waals surface area contributed by atoms with Gasteiger partial charge in [-0.2, -0.15) is 0 Å². The first-order chi connectivity index (χ1) is 8.04. The lowest BCUT2D eigenvalue weighted by atomic mass is 9.93. The quantitative estimate of drug-likeness (QED) is 0.702. The van der Waals surface area contributed by atoms with Crippen molar-refractivity contribution in [3.8, 4) is 5.75 Å². The van der Waals surface area contributed by atoms with Gasteiger partial charge < -0.3 is 20.3 Å². The maximum Gasteiger partial charge on any atom is 0.141 e. The van der Waals surface area contributed by atoms with Crippen LogP contribution in [0, 0.1) is 12.3 Å². The molecule has 96 valence electrons. The van der Waals surface area contributed by atoms with Crippen molar-refractivity contribution in [3.63, 3.8) is 0 Å². The van der Waals surface area contributed by atoms with Crippen LogP contribution in [0.15, 0.2) is 18.2 Å². The van der Waals surface area contributed by atoms with E-state index in [0.29, 0.717) is 6.54 Å². The van der Waals surface area contributed by atoms with Crippen molar-refractivity contribution in [1.29, 1.82) is 0 Å². The third-order valence-electron chi connectivity index (χ3n) is 2.82. The van der Waals surface area contributed by atoms with Gasteiger partial charge in [0.05, 0.1) is 26.0 Å². The van der Waals surface area contributed by atoms with Gasteiger partial charge >= 0.3 is 0 Å². The summed E-state index contributed by atoms with van der Waals surface area (Å²) in [4.78, 5) is 0. The van der Waals surface area contributed by atoms with E-state index in [-0.39, 0.29) is 13.2 Å². The number of hydrogen-bond donors (Lipinski definition) is 3. The van der Waals surface area contributed by atoms with Crippen LogP contribution < -0.4 is 10.1 Å². The number of aliphatic hydroxyl groups excluding tert-OH is 2. The van der Waals surface area contributed by atoms with Gasteiger partial charge in [-0.15, -0.1) is 0 Å². The van der Waals surface area contributed by atoms with E-state index in [0.717, 1.165) is 17.0 Å². The molecule has 0 fully saturated rings. The molecule has 0 saturated carbocycles. The van der Waals surface area contributed by atoms with Crippen LogP contribution in [0.2, 0.25) is 0 Å². The Balaban J connectivity index is 2.77. The maximum absolute atomic E-state index is 9.21. The van der Waals surface area contributed by atoms with Crippen molar-refractivity contribution >= 4 is 5.69 Å².